The molecule has 5 rings (SSSR count). The highest BCUT2D eigenvalue weighted by molar-refractivity contribution is 7.14. The number of thiazole rings is 1. The number of hydrogen-bond acceptors (Lipinski definition) is 6. The van der Waals surface area contributed by atoms with Crippen LogP contribution in [-0.4, -0.2) is 30.1 Å². The van der Waals surface area contributed by atoms with Gasteiger partial charge in [0.2, 0.25) is 0 Å². The molecule has 7 heteroatoms. The first-order valence-electron chi connectivity index (χ1n) is 10.6. The molecular weight excluding hydrogens is 446 g/mol. The van der Waals surface area contributed by atoms with E-state index < -0.39 is 0 Å². The number of carbonyl (C=O) groups excluding carboxylic acids is 1. The normalized spacial score (nSPS) is 10.8. The van der Waals surface area contributed by atoms with Crippen LogP contribution in [-0.2, 0) is 0 Å². The number of pyridine rings is 1. The molecule has 6 nitrogen and oxygen atoms in total. The van der Waals surface area contributed by atoms with Crippen LogP contribution in [0.25, 0.3) is 33.4 Å². The van der Waals surface area contributed by atoms with Gasteiger partial charge in [-0.05, 0) is 30.3 Å². The minimum absolute atomic E-state index is 0.232. The molecule has 0 unspecified atom stereocenters. The first-order valence-corrected chi connectivity index (χ1v) is 11.5. The first kappa shape index (κ1) is 21.6. The number of fused-ring (bicyclic) bond motifs is 1. The summed E-state index contributed by atoms with van der Waals surface area (Å²) < 4.78 is 10.7. The standard InChI is InChI=1S/C27H21N3O3S/c1-32-24-13-12-18(14-25(24)33-2)23-16-34-27(29-23)30-26(31)20-15-22(17-8-4-3-5-9-17)28-21-11-7-6-10-19(20)21/h3-16H,1-2H3,(H,29,30,31). The Labute approximate surface area is 200 Å². The van der Waals surface area contributed by atoms with Crippen molar-refractivity contribution in [2.75, 3.05) is 19.5 Å². The summed E-state index contributed by atoms with van der Waals surface area (Å²) in [6.07, 6.45) is 0. The Morgan fingerprint density at radius 3 is 2.35 bits per heavy atom. The average Bonchev–Trinajstić information content (AvgIpc) is 3.36. The maximum Gasteiger partial charge on any atom is 0.258 e. The molecule has 0 bridgehead atoms. The zero-order chi connectivity index (χ0) is 23.5. The van der Waals surface area contributed by atoms with Gasteiger partial charge in [0.05, 0.1) is 36.7 Å². The SMILES string of the molecule is COc1ccc(-c2csc(NC(=O)c3cc(-c4ccccc4)nc4ccccc34)n2)cc1OC. The Morgan fingerprint density at radius 1 is 0.794 bits per heavy atom. The fourth-order valence-electron chi connectivity index (χ4n) is 3.74. The number of rotatable bonds is 6. The van der Waals surface area contributed by atoms with Crippen molar-refractivity contribution in [3.8, 4) is 34.0 Å². The number of amides is 1. The summed E-state index contributed by atoms with van der Waals surface area (Å²) in [5.74, 6) is 1.04. The van der Waals surface area contributed by atoms with Gasteiger partial charge >= 0.3 is 0 Å². The molecule has 168 valence electrons. The molecule has 0 saturated heterocycles. The van der Waals surface area contributed by atoms with Gasteiger partial charge in [-0.15, -0.1) is 11.3 Å². The quantitative estimate of drug-likeness (QED) is 0.317. The highest BCUT2D eigenvalue weighted by Gasteiger charge is 2.16. The minimum atomic E-state index is -0.232. The van der Waals surface area contributed by atoms with Gasteiger partial charge in [0.25, 0.3) is 5.91 Å². The largest absolute Gasteiger partial charge is 0.493 e. The summed E-state index contributed by atoms with van der Waals surface area (Å²) in [7, 11) is 3.19. The van der Waals surface area contributed by atoms with Crippen molar-refractivity contribution in [1.82, 2.24) is 9.97 Å². The monoisotopic (exact) mass is 467 g/mol. The molecule has 0 spiro atoms. The Bertz CT molecular complexity index is 1480. The van der Waals surface area contributed by atoms with Crippen molar-refractivity contribution in [1.29, 1.82) is 0 Å². The van der Waals surface area contributed by atoms with E-state index >= 15 is 0 Å². The van der Waals surface area contributed by atoms with Crippen LogP contribution >= 0.6 is 11.3 Å². The van der Waals surface area contributed by atoms with Crippen LogP contribution in [0.3, 0.4) is 0 Å². The van der Waals surface area contributed by atoms with E-state index in [9.17, 15) is 4.79 Å². The van der Waals surface area contributed by atoms with Gasteiger partial charge in [-0.3, -0.25) is 10.1 Å². The van der Waals surface area contributed by atoms with Crippen LogP contribution in [0.1, 0.15) is 10.4 Å². The minimum Gasteiger partial charge on any atom is -0.493 e. The summed E-state index contributed by atoms with van der Waals surface area (Å²) in [4.78, 5) is 22.7. The summed E-state index contributed by atoms with van der Waals surface area (Å²) in [5, 5.41) is 6.15. The molecule has 0 fully saturated rings. The van der Waals surface area contributed by atoms with Crippen molar-refractivity contribution in [3.05, 3.63) is 89.8 Å². The number of ether oxygens (including phenoxy) is 2. The zero-order valence-corrected chi connectivity index (χ0v) is 19.4. The maximum absolute atomic E-state index is 13.3. The molecule has 2 aromatic heterocycles. The number of benzene rings is 3. The molecule has 1 amide bonds. The average molecular weight is 468 g/mol. The molecule has 0 aliphatic rings. The molecule has 0 saturated carbocycles. The van der Waals surface area contributed by atoms with E-state index in [1.165, 1.54) is 11.3 Å². The summed E-state index contributed by atoms with van der Waals surface area (Å²) in [6, 6.07) is 24.9. The fraction of sp³-hybridized carbons (Fsp3) is 0.0741. The van der Waals surface area contributed by atoms with Gasteiger partial charge < -0.3 is 9.47 Å². The van der Waals surface area contributed by atoms with Crippen LogP contribution in [0.5, 0.6) is 11.5 Å². The van der Waals surface area contributed by atoms with Crippen LogP contribution in [0.4, 0.5) is 5.13 Å². The van der Waals surface area contributed by atoms with E-state index in [0.717, 1.165) is 33.4 Å². The number of carbonyl (C=O) groups is 1. The summed E-state index contributed by atoms with van der Waals surface area (Å²) >= 11 is 1.37. The van der Waals surface area contributed by atoms with Gasteiger partial charge in [-0.1, -0.05) is 48.5 Å². The van der Waals surface area contributed by atoms with Crippen molar-refractivity contribution in [2.45, 2.75) is 0 Å². The molecule has 0 aliphatic heterocycles. The van der Waals surface area contributed by atoms with E-state index in [0.29, 0.717) is 22.2 Å². The highest BCUT2D eigenvalue weighted by atomic mass is 32.1. The number of methoxy groups -OCH3 is 2. The zero-order valence-electron chi connectivity index (χ0n) is 18.6. The second-order valence-electron chi connectivity index (χ2n) is 7.50. The summed E-state index contributed by atoms with van der Waals surface area (Å²) in [6.45, 7) is 0. The number of para-hydroxylation sites is 1. The molecule has 34 heavy (non-hydrogen) atoms. The molecule has 0 atom stereocenters. The fourth-order valence-corrected chi connectivity index (χ4v) is 4.46. The van der Waals surface area contributed by atoms with E-state index in [2.05, 4.69) is 10.3 Å². The Kier molecular flexibility index (Phi) is 5.93. The van der Waals surface area contributed by atoms with E-state index in [1.54, 1.807) is 14.2 Å². The molecule has 2 heterocycles. The van der Waals surface area contributed by atoms with Crippen molar-refractivity contribution < 1.29 is 14.3 Å². The molecule has 1 N–H and O–H groups in total. The lowest BCUT2D eigenvalue weighted by Crippen LogP contribution is -2.13. The Hall–Kier alpha value is -4.23. The van der Waals surface area contributed by atoms with E-state index in [-0.39, 0.29) is 5.91 Å². The maximum atomic E-state index is 13.3. The third kappa shape index (κ3) is 4.21. The van der Waals surface area contributed by atoms with Gasteiger partial charge in [0, 0.05) is 21.9 Å². The second-order valence-corrected chi connectivity index (χ2v) is 8.36. The molecular formula is C27H21N3O3S. The van der Waals surface area contributed by atoms with Gasteiger partial charge in [-0.2, -0.15) is 0 Å². The number of anilines is 1. The second kappa shape index (κ2) is 9.33. The smallest absolute Gasteiger partial charge is 0.258 e. The number of aromatic nitrogens is 2. The third-order valence-electron chi connectivity index (χ3n) is 5.43. The highest BCUT2D eigenvalue weighted by Crippen LogP contribution is 2.34. The van der Waals surface area contributed by atoms with Crippen molar-refractivity contribution in [3.63, 3.8) is 0 Å². The lowest BCUT2D eigenvalue weighted by molar-refractivity contribution is 0.102. The molecule has 0 radical (unpaired) electrons. The Morgan fingerprint density at radius 2 is 1.56 bits per heavy atom. The van der Waals surface area contributed by atoms with Crippen molar-refractivity contribution >= 4 is 33.3 Å². The van der Waals surface area contributed by atoms with Gasteiger partial charge in [-0.25, -0.2) is 9.97 Å². The van der Waals surface area contributed by atoms with Crippen LogP contribution < -0.4 is 14.8 Å². The number of nitrogens with zero attached hydrogens (tertiary/aromatic N) is 2. The van der Waals surface area contributed by atoms with Crippen LogP contribution in [0.15, 0.2) is 84.2 Å². The van der Waals surface area contributed by atoms with Gasteiger partial charge in [0.15, 0.2) is 16.6 Å². The third-order valence-corrected chi connectivity index (χ3v) is 6.19. The van der Waals surface area contributed by atoms with Crippen molar-refractivity contribution in [2.24, 2.45) is 0 Å². The molecule has 5 aromatic rings. The molecule has 0 aliphatic carbocycles. The number of nitrogens with one attached hydrogen (secondary N) is 1. The predicted molar refractivity (Wildman–Crippen MR) is 136 cm³/mol. The topological polar surface area (TPSA) is 73.3 Å². The predicted octanol–water partition coefficient (Wildman–Crippen LogP) is 6.29. The van der Waals surface area contributed by atoms with Crippen LogP contribution in [0, 0.1) is 0 Å². The van der Waals surface area contributed by atoms with Crippen LogP contribution in [0.2, 0.25) is 0 Å². The van der Waals surface area contributed by atoms with Gasteiger partial charge in [0.1, 0.15) is 0 Å². The first-order chi connectivity index (χ1) is 16.7. The van der Waals surface area contributed by atoms with E-state index in [1.807, 2.05) is 84.2 Å². The lowest BCUT2D eigenvalue weighted by Gasteiger charge is -2.10. The Balaban J connectivity index is 1.46. The summed E-state index contributed by atoms with van der Waals surface area (Å²) in [5.41, 5.74) is 4.62. The number of hydrogen-bond donors (Lipinski definition) is 1. The lowest BCUT2D eigenvalue weighted by atomic mass is 10.0. The molecule has 3 aromatic carbocycles. The van der Waals surface area contributed by atoms with E-state index in [4.69, 9.17) is 14.5 Å².